The van der Waals surface area contributed by atoms with Gasteiger partial charge in [0.15, 0.2) is 5.82 Å². The second kappa shape index (κ2) is 7.32. The molecule has 1 aliphatic rings. The van der Waals surface area contributed by atoms with Crippen molar-refractivity contribution in [2.24, 2.45) is 11.8 Å². The highest BCUT2D eigenvalue weighted by molar-refractivity contribution is 5.11. The molecule has 0 radical (unpaired) electrons. The Bertz CT molecular complexity index is 432. The van der Waals surface area contributed by atoms with Crippen LogP contribution in [0.5, 0.6) is 0 Å². The number of nitrogens with zero attached hydrogens (tertiary/aromatic N) is 2. The lowest BCUT2D eigenvalue weighted by Gasteiger charge is -2.37. The summed E-state index contributed by atoms with van der Waals surface area (Å²) in [5.41, 5.74) is 0.858. The van der Waals surface area contributed by atoms with E-state index < -0.39 is 0 Å². The summed E-state index contributed by atoms with van der Waals surface area (Å²) in [5.74, 6) is 2.18. The molecular weight excluding hydrogens is 262 g/mol. The third kappa shape index (κ3) is 4.24. The van der Waals surface area contributed by atoms with Gasteiger partial charge >= 0.3 is 0 Å². The standard InChI is InChI=1S/C17H29N3O/c1-13(2)9-18-10-15-11-19-16(20-12-15)17(21-4)7-5-6-14(3)8-17/h11-14,18H,5-10H2,1-4H3. The fourth-order valence-electron chi connectivity index (χ4n) is 3.17. The molecule has 1 aromatic rings. The lowest BCUT2D eigenvalue weighted by atomic mass is 9.78. The van der Waals surface area contributed by atoms with Crippen molar-refractivity contribution in [3.8, 4) is 0 Å². The molecule has 21 heavy (non-hydrogen) atoms. The minimum Gasteiger partial charge on any atom is -0.370 e. The SMILES string of the molecule is COC1(c2ncc(CNCC(C)C)cn2)CCCC(C)C1. The first-order valence-corrected chi connectivity index (χ1v) is 8.13. The highest BCUT2D eigenvalue weighted by atomic mass is 16.5. The van der Waals surface area contributed by atoms with Crippen molar-refractivity contribution in [1.29, 1.82) is 0 Å². The summed E-state index contributed by atoms with van der Waals surface area (Å²) < 4.78 is 5.85. The van der Waals surface area contributed by atoms with Gasteiger partial charge in [0.2, 0.25) is 0 Å². The summed E-state index contributed by atoms with van der Waals surface area (Å²) in [4.78, 5) is 9.20. The first-order chi connectivity index (χ1) is 10.1. The Hall–Kier alpha value is -1.00. The number of aromatic nitrogens is 2. The van der Waals surface area contributed by atoms with Crippen molar-refractivity contribution < 1.29 is 4.74 Å². The lowest BCUT2D eigenvalue weighted by Crippen LogP contribution is -2.36. The van der Waals surface area contributed by atoms with Gasteiger partial charge in [-0.25, -0.2) is 9.97 Å². The van der Waals surface area contributed by atoms with E-state index in [0.29, 0.717) is 11.8 Å². The molecule has 118 valence electrons. The molecule has 1 saturated carbocycles. The number of methoxy groups -OCH3 is 1. The molecule has 1 N–H and O–H groups in total. The van der Waals surface area contributed by atoms with Crippen LogP contribution in [0.2, 0.25) is 0 Å². The third-order valence-electron chi connectivity index (χ3n) is 4.34. The maximum atomic E-state index is 5.85. The molecule has 0 spiro atoms. The molecule has 1 aromatic heterocycles. The van der Waals surface area contributed by atoms with Gasteiger partial charge in [-0.1, -0.05) is 27.2 Å². The van der Waals surface area contributed by atoms with E-state index in [1.807, 2.05) is 12.4 Å². The van der Waals surface area contributed by atoms with E-state index in [4.69, 9.17) is 4.74 Å². The van der Waals surface area contributed by atoms with E-state index in [-0.39, 0.29) is 5.60 Å². The Kier molecular flexibility index (Phi) is 5.71. The Morgan fingerprint density at radius 2 is 2.10 bits per heavy atom. The predicted molar refractivity (Wildman–Crippen MR) is 84.9 cm³/mol. The third-order valence-corrected chi connectivity index (χ3v) is 4.34. The quantitative estimate of drug-likeness (QED) is 0.874. The Balaban J connectivity index is 2.03. The van der Waals surface area contributed by atoms with E-state index in [1.165, 1.54) is 12.8 Å². The van der Waals surface area contributed by atoms with Crippen LogP contribution in [0.1, 0.15) is 57.8 Å². The second-order valence-corrected chi connectivity index (χ2v) is 6.84. The molecule has 0 saturated heterocycles. The van der Waals surface area contributed by atoms with Crippen LogP contribution >= 0.6 is 0 Å². The Morgan fingerprint density at radius 1 is 1.38 bits per heavy atom. The Labute approximate surface area is 128 Å². The summed E-state index contributed by atoms with van der Waals surface area (Å²) in [6.07, 6.45) is 8.40. The van der Waals surface area contributed by atoms with Gasteiger partial charge < -0.3 is 10.1 Å². The number of nitrogens with one attached hydrogen (secondary N) is 1. The van der Waals surface area contributed by atoms with Gasteiger partial charge in [-0.05, 0) is 37.6 Å². The second-order valence-electron chi connectivity index (χ2n) is 6.84. The summed E-state index contributed by atoms with van der Waals surface area (Å²) in [7, 11) is 1.79. The highest BCUT2D eigenvalue weighted by Crippen LogP contribution is 2.40. The number of ether oxygens (including phenoxy) is 1. The predicted octanol–water partition coefficient (Wildman–Crippen LogP) is 3.27. The molecule has 0 aromatic carbocycles. The molecule has 2 unspecified atom stereocenters. The fraction of sp³-hybridized carbons (Fsp3) is 0.765. The van der Waals surface area contributed by atoms with Crippen molar-refractivity contribution in [1.82, 2.24) is 15.3 Å². The zero-order valence-corrected chi connectivity index (χ0v) is 13.9. The molecule has 1 heterocycles. The van der Waals surface area contributed by atoms with Crippen molar-refractivity contribution in [2.75, 3.05) is 13.7 Å². The van der Waals surface area contributed by atoms with Crippen LogP contribution in [0.4, 0.5) is 0 Å². The number of hydrogen-bond donors (Lipinski definition) is 1. The summed E-state index contributed by atoms with van der Waals surface area (Å²) in [5, 5.41) is 3.42. The highest BCUT2D eigenvalue weighted by Gasteiger charge is 2.39. The maximum Gasteiger partial charge on any atom is 0.160 e. The van der Waals surface area contributed by atoms with Crippen molar-refractivity contribution in [3.63, 3.8) is 0 Å². The molecule has 0 bridgehead atoms. The van der Waals surface area contributed by atoms with Crippen LogP contribution in [0.3, 0.4) is 0 Å². The van der Waals surface area contributed by atoms with Crippen LogP contribution in [-0.4, -0.2) is 23.6 Å². The van der Waals surface area contributed by atoms with E-state index >= 15 is 0 Å². The summed E-state index contributed by atoms with van der Waals surface area (Å²) in [6, 6.07) is 0. The van der Waals surface area contributed by atoms with Crippen molar-refractivity contribution >= 4 is 0 Å². The topological polar surface area (TPSA) is 47.0 Å². The average molecular weight is 291 g/mol. The van der Waals surface area contributed by atoms with Crippen molar-refractivity contribution in [2.45, 2.75) is 58.6 Å². The Morgan fingerprint density at radius 3 is 2.67 bits per heavy atom. The van der Waals surface area contributed by atoms with Gasteiger partial charge in [-0.3, -0.25) is 0 Å². The molecule has 4 nitrogen and oxygen atoms in total. The van der Waals surface area contributed by atoms with Crippen LogP contribution in [0, 0.1) is 11.8 Å². The molecular formula is C17H29N3O. The van der Waals surface area contributed by atoms with E-state index in [9.17, 15) is 0 Å². The molecule has 2 atom stereocenters. The number of rotatable bonds is 6. The van der Waals surface area contributed by atoms with Gasteiger partial charge in [-0.2, -0.15) is 0 Å². The van der Waals surface area contributed by atoms with Crippen LogP contribution < -0.4 is 5.32 Å². The molecule has 1 fully saturated rings. The molecule has 2 rings (SSSR count). The molecule has 4 heteroatoms. The minimum absolute atomic E-state index is 0.276. The van der Waals surface area contributed by atoms with E-state index in [2.05, 4.69) is 36.1 Å². The van der Waals surface area contributed by atoms with E-state index in [0.717, 1.165) is 37.3 Å². The first-order valence-electron chi connectivity index (χ1n) is 8.13. The molecule has 1 aliphatic carbocycles. The largest absolute Gasteiger partial charge is 0.370 e. The maximum absolute atomic E-state index is 5.85. The van der Waals surface area contributed by atoms with Crippen molar-refractivity contribution in [3.05, 3.63) is 23.8 Å². The fourth-order valence-corrected chi connectivity index (χ4v) is 3.17. The smallest absolute Gasteiger partial charge is 0.160 e. The molecule has 0 aliphatic heterocycles. The van der Waals surface area contributed by atoms with Crippen LogP contribution in [-0.2, 0) is 16.9 Å². The van der Waals surface area contributed by atoms with E-state index in [1.54, 1.807) is 7.11 Å². The normalized spacial score (nSPS) is 26.2. The van der Waals surface area contributed by atoms with Gasteiger partial charge in [0.05, 0.1) is 0 Å². The van der Waals surface area contributed by atoms with Gasteiger partial charge in [0, 0.05) is 31.6 Å². The minimum atomic E-state index is -0.276. The zero-order valence-electron chi connectivity index (χ0n) is 13.9. The zero-order chi connectivity index (χ0) is 15.3. The van der Waals surface area contributed by atoms with Gasteiger partial charge in [-0.15, -0.1) is 0 Å². The first kappa shape index (κ1) is 16.4. The van der Waals surface area contributed by atoms with Crippen LogP contribution in [0.15, 0.2) is 12.4 Å². The number of hydrogen-bond acceptors (Lipinski definition) is 4. The lowest BCUT2D eigenvalue weighted by molar-refractivity contribution is -0.0646. The van der Waals surface area contributed by atoms with Crippen LogP contribution in [0.25, 0.3) is 0 Å². The average Bonchev–Trinajstić information content (AvgIpc) is 2.47. The monoisotopic (exact) mass is 291 g/mol. The van der Waals surface area contributed by atoms with Gasteiger partial charge in [0.25, 0.3) is 0 Å². The summed E-state index contributed by atoms with van der Waals surface area (Å²) in [6.45, 7) is 8.55. The summed E-state index contributed by atoms with van der Waals surface area (Å²) >= 11 is 0. The molecule has 0 amide bonds. The van der Waals surface area contributed by atoms with Gasteiger partial charge in [0.1, 0.15) is 5.60 Å².